The molecule has 10 heavy (non-hydrogen) atoms. The van der Waals surface area contributed by atoms with Crippen molar-refractivity contribution < 1.29 is 14.3 Å². The topological polar surface area (TPSA) is 61.5 Å². The van der Waals surface area contributed by atoms with Gasteiger partial charge < -0.3 is 15.2 Å². The van der Waals surface area contributed by atoms with Gasteiger partial charge in [0.1, 0.15) is 0 Å². The number of rotatable bonds is 2. The first-order chi connectivity index (χ1) is 4.74. The van der Waals surface area contributed by atoms with E-state index < -0.39 is 6.29 Å². The number of carbonyl (C=O) groups is 1. The first-order valence-electron chi connectivity index (χ1n) is 3.30. The number of esters is 1. The highest BCUT2D eigenvalue weighted by atomic mass is 16.7. The Labute approximate surface area is 59.3 Å². The van der Waals surface area contributed by atoms with Gasteiger partial charge in [0.15, 0.2) is 0 Å². The van der Waals surface area contributed by atoms with E-state index in [1.54, 1.807) is 0 Å². The molecule has 0 aromatic carbocycles. The van der Waals surface area contributed by atoms with Crippen molar-refractivity contribution in [1.29, 1.82) is 0 Å². The molecule has 4 heteroatoms. The lowest BCUT2D eigenvalue weighted by Crippen LogP contribution is -2.32. The Hall–Kier alpha value is -0.610. The highest BCUT2D eigenvalue weighted by Crippen LogP contribution is 2.13. The third-order valence-corrected chi connectivity index (χ3v) is 1.33. The summed E-state index contributed by atoms with van der Waals surface area (Å²) in [4.78, 5) is 10.6. The summed E-state index contributed by atoms with van der Waals surface area (Å²) >= 11 is 0. The molecule has 1 rings (SSSR count). The van der Waals surface area contributed by atoms with Crippen LogP contribution in [0.1, 0.15) is 13.3 Å². The molecule has 1 unspecified atom stereocenters. The Bertz CT molecular complexity index is 137. The van der Waals surface area contributed by atoms with Gasteiger partial charge in [0.2, 0.25) is 6.29 Å². The number of ether oxygens (including phenoxy) is 2. The minimum absolute atomic E-state index is 0.269. The SMILES string of the molecule is CCO[C@H]1OC(=O)CC1N. The first-order valence-corrected chi connectivity index (χ1v) is 3.30. The summed E-state index contributed by atoms with van der Waals surface area (Å²) in [5, 5.41) is 0. The number of hydrogen-bond acceptors (Lipinski definition) is 4. The van der Waals surface area contributed by atoms with Crippen molar-refractivity contribution in [2.75, 3.05) is 6.61 Å². The van der Waals surface area contributed by atoms with E-state index in [1.807, 2.05) is 6.92 Å². The van der Waals surface area contributed by atoms with Crippen LogP contribution in [0.2, 0.25) is 0 Å². The number of cyclic esters (lactones) is 1. The quantitative estimate of drug-likeness (QED) is 0.538. The van der Waals surface area contributed by atoms with Gasteiger partial charge in [-0.1, -0.05) is 0 Å². The fourth-order valence-electron chi connectivity index (χ4n) is 0.876. The minimum atomic E-state index is -0.516. The Kier molecular flexibility index (Phi) is 2.24. The molecule has 0 saturated carbocycles. The largest absolute Gasteiger partial charge is 0.434 e. The summed E-state index contributed by atoms with van der Waals surface area (Å²) in [7, 11) is 0. The summed E-state index contributed by atoms with van der Waals surface area (Å²) < 4.78 is 9.75. The lowest BCUT2D eigenvalue weighted by molar-refractivity contribution is -0.162. The van der Waals surface area contributed by atoms with Crippen LogP contribution in [0, 0.1) is 0 Å². The van der Waals surface area contributed by atoms with Crippen LogP contribution in [-0.4, -0.2) is 24.9 Å². The van der Waals surface area contributed by atoms with E-state index in [0.717, 1.165) is 0 Å². The van der Waals surface area contributed by atoms with Gasteiger partial charge in [-0.05, 0) is 6.92 Å². The molecule has 0 bridgehead atoms. The van der Waals surface area contributed by atoms with Crippen LogP contribution in [0.3, 0.4) is 0 Å². The summed E-state index contributed by atoms with van der Waals surface area (Å²) in [6.07, 6.45) is -0.248. The Balaban J connectivity index is 2.38. The van der Waals surface area contributed by atoms with Crippen molar-refractivity contribution in [2.24, 2.45) is 5.73 Å². The van der Waals surface area contributed by atoms with E-state index in [0.29, 0.717) is 6.61 Å². The van der Waals surface area contributed by atoms with Crippen LogP contribution in [0.25, 0.3) is 0 Å². The van der Waals surface area contributed by atoms with Crippen LogP contribution in [0.4, 0.5) is 0 Å². The lowest BCUT2D eigenvalue weighted by atomic mass is 10.2. The van der Waals surface area contributed by atoms with Crippen molar-refractivity contribution in [3.8, 4) is 0 Å². The molecule has 0 aromatic heterocycles. The molecule has 0 aliphatic carbocycles. The molecule has 1 aliphatic heterocycles. The molecular weight excluding hydrogens is 134 g/mol. The van der Waals surface area contributed by atoms with Crippen molar-refractivity contribution in [3.05, 3.63) is 0 Å². The fourth-order valence-corrected chi connectivity index (χ4v) is 0.876. The first kappa shape index (κ1) is 7.50. The van der Waals surface area contributed by atoms with Crippen LogP contribution in [-0.2, 0) is 14.3 Å². The van der Waals surface area contributed by atoms with E-state index in [9.17, 15) is 4.79 Å². The third kappa shape index (κ3) is 1.46. The summed E-state index contributed by atoms with van der Waals surface area (Å²) in [6, 6.07) is -0.285. The van der Waals surface area contributed by atoms with E-state index in [2.05, 4.69) is 0 Å². The molecule has 1 heterocycles. The molecular formula is C6H11NO3. The van der Waals surface area contributed by atoms with Gasteiger partial charge in [-0.3, -0.25) is 4.79 Å². The van der Waals surface area contributed by atoms with Crippen LogP contribution < -0.4 is 5.73 Å². The van der Waals surface area contributed by atoms with Crippen LogP contribution in [0.15, 0.2) is 0 Å². The van der Waals surface area contributed by atoms with E-state index in [-0.39, 0.29) is 18.4 Å². The maximum absolute atomic E-state index is 10.6. The van der Waals surface area contributed by atoms with E-state index in [4.69, 9.17) is 15.2 Å². The molecule has 2 N–H and O–H groups in total. The summed E-state index contributed by atoms with van der Waals surface area (Å²) in [6.45, 7) is 2.35. The molecule has 4 nitrogen and oxygen atoms in total. The molecule has 0 amide bonds. The predicted molar refractivity (Wildman–Crippen MR) is 34.1 cm³/mol. The van der Waals surface area contributed by atoms with Gasteiger partial charge in [0.05, 0.1) is 12.5 Å². The second kappa shape index (κ2) is 2.98. The van der Waals surface area contributed by atoms with Gasteiger partial charge in [0, 0.05) is 6.61 Å². The molecule has 58 valence electrons. The number of hydrogen-bond donors (Lipinski definition) is 1. The number of carbonyl (C=O) groups excluding carboxylic acids is 1. The average Bonchev–Trinajstić information content (AvgIpc) is 2.13. The molecule has 1 saturated heterocycles. The van der Waals surface area contributed by atoms with Gasteiger partial charge in [-0.15, -0.1) is 0 Å². The summed E-state index contributed by atoms with van der Waals surface area (Å²) in [5.74, 6) is -0.272. The summed E-state index contributed by atoms with van der Waals surface area (Å²) in [5.41, 5.74) is 5.48. The average molecular weight is 145 g/mol. The van der Waals surface area contributed by atoms with Crippen LogP contribution >= 0.6 is 0 Å². The van der Waals surface area contributed by atoms with Gasteiger partial charge >= 0.3 is 5.97 Å². The van der Waals surface area contributed by atoms with Crippen molar-refractivity contribution in [3.63, 3.8) is 0 Å². The standard InChI is InChI=1S/C6H11NO3/c1-2-9-6-4(7)3-5(8)10-6/h4,6H,2-3,7H2,1H3/t4?,6-/m0/s1. The van der Waals surface area contributed by atoms with Gasteiger partial charge in [0.25, 0.3) is 0 Å². The Morgan fingerprint density at radius 1 is 1.90 bits per heavy atom. The second-order valence-corrected chi connectivity index (χ2v) is 2.18. The number of nitrogens with two attached hydrogens (primary N) is 1. The fraction of sp³-hybridized carbons (Fsp3) is 0.833. The van der Waals surface area contributed by atoms with Crippen molar-refractivity contribution >= 4 is 5.97 Å². The minimum Gasteiger partial charge on any atom is -0.434 e. The normalized spacial score (nSPS) is 32.4. The Morgan fingerprint density at radius 2 is 2.60 bits per heavy atom. The predicted octanol–water partition coefficient (Wildman–Crippen LogP) is -0.377. The van der Waals surface area contributed by atoms with E-state index in [1.165, 1.54) is 0 Å². The molecule has 0 radical (unpaired) electrons. The smallest absolute Gasteiger partial charge is 0.309 e. The molecule has 0 spiro atoms. The molecule has 0 aromatic rings. The molecule has 2 atom stereocenters. The lowest BCUT2D eigenvalue weighted by Gasteiger charge is -2.12. The highest BCUT2D eigenvalue weighted by molar-refractivity contribution is 5.72. The van der Waals surface area contributed by atoms with Gasteiger partial charge in [-0.25, -0.2) is 0 Å². The monoisotopic (exact) mass is 145 g/mol. The van der Waals surface area contributed by atoms with E-state index >= 15 is 0 Å². The molecule has 1 aliphatic rings. The van der Waals surface area contributed by atoms with Crippen molar-refractivity contribution in [1.82, 2.24) is 0 Å². The zero-order chi connectivity index (χ0) is 7.56. The maximum Gasteiger partial charge on any atom is 0.309 e. The van der Waals surface area contributed by atoms with Crippen molar-refractivity contribution in [2.45, 2.75) is 25.7 Å². The second-order valence-electron chi connectivity index (χ2n) is 2.18. The molecule has 1 fully saturated rings. The van der Waals surface area contributed by atoms with Gasteiger partial charge in [-0.2, -0.15) is 0 Å². The highest BCUT2D eigenvalue weighted by Gasteiger charge is 2.32. The Morgan fingerprint density at radius 3 is 3.00 bits per heavy atom. The van der Waals surface area contributed by atoms with Crippen LogP contribution in [0.5, 0.6) is 0 Å². The maximum atomic E-state index is 10.6. The zero-order valence-corrected chi connectivity index (χ0v) is 5.87. The zero-order valence-electron chi connectivity index (χ0n) is 5.87. The third-order valence-electron chi connectivity index (χ3n) is 1.33.